The summed E-state index contributed by atoms with van der Waals surface area (Å²) in [6.45, 7) is 3.15. The van der Waals surface area contributed by atoms with Gasteiger partial charge in [-0.2, -0.15) is 0 Å². The number of nitrogens with one attached hydrogen (secondary N) is 1. The third-order valence-corrected chi connectivity index (χ3v) is 4.09. The predicted octanol–water partition coefficient (Wildman–Crippen LogP) is 3.49. The van der Waals surface area contributed by atoms with Crippen LogP contribution in [0.5, 0.6) is 0 Å². The van der Waals surface area contributed by atoms with Crippen LogP contribution < -0.4 is 10.2 Å². The molecule has 0 aromatic heterocycles. The van der Waals surface area contributed by atoms with E-state index in [1.165, 1.54) is 16.8 Å². The topological polar surface area (TPSA) is 32.3 Å². The fourth-order valence-electron chi connectivity index (χ4n) is 2.74. The highest BCUT2D eigenvalue weighted by Gasteiger charge is 2.17. The molecular formula is C18H20N2O. The van der Waals surface area contributed by atoms with Crippen molar-refractivity contribution < 1.29 is 4.79 Å². The first kappa shape index (κ1) is 13.7. The van der Waals surface area contributed by atoms with E-state index in [0.29, 0.717) is 0 Å². The van der Waals surface area contributed by atoms with Gasteiger partial charge in [0.25, 0.3) is 5.91 Å². The maximum absolute atomic E-state index is 12.3. The minimum Gasteiger partial charge on any atom is -0.374 e. The number of rotatable bonds is 3. The summed E-state index contributed by atoms with van der Waals surface area (Å²) < 4.78 is 0. The first-order valence-corrected chi connectivity index (χ1v) is 7.41. The number of fused-ring (bicyclic) bond motifs is 1. The van der Waals surface area contributed by atoms with Crippen molar-refractivity contribution in [2.24, 2.45) is 0 Å². The summed E-state index contributed by atoms with van der Waals surface area (Å²) in [4.78, 5) is 14.5. The fourth-order valence-corrected chi connectivity index (χ4v) is 2.74. The molecule has 0 bridgehead atoms. The van der Waals surface area contributed by atoms with Gasteiger partial charge in [0.1, 0.15) is 0 Å². The van der Waals surface area contributed by atoms with Crippen molar-refractivity contribution in [2.45, 2.75) is 19.8 Å². The standard InChI is InChI=1S/C18H20N2O/c1-3-13-4-7-16(8-5-13)19-18(21)15-6-9-17-14(12-15)10-11-20(17)2/h4-9,12H,3,10-11H2,1-2H3,(H,19,21). The third kappa shape index (κ3) is 2.77. The van der Waals surface area contributed by atoms with Crippen LogP contribution in [0.3, 0.4) is 0 Å². The van der Waals surface area contributed by atoms with Gasteiger partial charge in [-0.25, -0.2) is 0 Å². The lowest BCUT2D eigenvalue weighted by atomic mass is 10.1. The summed E-state index contributed by atoms with van der Waals surface area (Å²) in [7, 11) is 2.08. The predicted molar refractivity (Wildman–Crippen MR) is 87.2 cm³/mol. The molecule has 0 spiro atoms. The summed E-state index contributed by atoms with van der Waals surface area (Å²) in [5.41, 5.74) is 5.33. The van der Waals surface area contributed by atoms with E-state index in [1.807, 2.05) is 42.5 Å². The van der Waals surface area contributed by atoms with Gasteiger partial charge in [0.2, 0.25) is 0 Å². The normalized spacial score (nSPS) is 13.1. The lowest BCUT2D eigenvalue weighted by Crippen LogP contribution is -2.13. The molecule has 0 atom stereocenters. The summed E-state index contributed by atoms with van der Waals surface area (Å²) in [6.07, 6.45) is 2.02. The number of likely N-dealkylation sites (N-methyl/N-ethyl adjacent to an activating group) is 1. The number of amides is 1. The molecule has 0 fully saturated rings. The molecule has 1 aliphatic rings. The molecule has 1 N–H and O–H groups in total. The van der Waals surface area contributed by atoms with E-state index >= 15 is 0 Å². The van der Waals surface area contributed by atoms with E-state index in [0.717, 1.165) is 30.6 Å². The van der Waals surface area contributed by atoms with Crippen LogP contribution in [-0.4, -0.2) is 19.5 Å². The molecule has 1 heterocycles. The van der Waals surface area contributed by atoms with E-state index in [4.69, 9.17) is 0 Å². The maximum atomic E-state index is 12.3. The van der Waals surface area contributed by atoms with E-state index in [1.54, 1.807) is 0 Å². The Kier molecular flexibility index (Phi) is 3.65. The number of benzene rings is 2. The second-order valence-corrected chi connectivity index (χ2v) is 5.52. The molecular weight excluding hydrogens is 260 g/mol. The van der Waals surface area contributed by atoms with Gasteiger partial charge >= 0.3 is 0 Å². The summed E-state index contributed by atoms with van der Waals surface area (Å²) in [6, 6.07) is 14.0. The zero-order valence-electron chi connectivity index (χ0n) is 12.5. The minimum absolute atomic E-state index is 0.0448. The first-order chi connectivity index (χ1) is 10.2. The van der Waals surface area contributed by atoms with Gasteiger partial charge in [0.05, 0.1) is 0 Å². The van der Waals surface area contributed by atoms with Crippen LogP contribution in [0.15, 0.2) is 42.5 Å². The summed E-state index contributed by atoms with van der Waals surface area (Å²) in [5.74, 6) is -0.0448. The second-order valence-electron chi connectivity index (χ2n) is 5.52. The Morgan fingerprint density at radius 3 is 2.67 bits per heavy atom. The molecule has 0 saturated carbocycles. The zero-order chi connectivity index (χ0) is 14.8. The van der Waals surface area contributed by atoms with Crippen molar-refractivity contribution in [3.63, 3.8) is 0 Å². The van der Waals surface area contributed by atoms with Crippen molar-refractivity contribution in [1.29, 1.82) is 0 Å². The van der Waals surface area contributed by atoms with E-state index in [-0.39, 0.29) is 5.91 Å². The molecule has 108 valence electrons. The number of anilines is 2. The Bertz CT molecular complexity index is 661. The van der Waals surface area contributed by atoms with Gasteiger partial charge in [-0.3, -0.25) is 4.79 Å². The minimum atomic E-state index is -0.0448. The number of carbonyl (C=O) groups excluding carboxylic acids is 1. The number of carbonyl (C=O) groups is 1. The van der Waals surface area contributed by atoms with E-state index in [2.05, 4.69) is 24.2 Å². The quantitative estimate of drug-likeness (QED) is 0.933. The molecule has 3 heteroatoms. The number of nitrogens with zero attached hydrogens (tertiary/aromatic N) is 1. The van der Waals surface area contributed by atoms with Crippen LogP contribution in [0.2, 0.25) is 0 Å². The molecule has 3 nitrogen and oxygen atoms in total. The molecule has 2 aromatic rings. The van der Waals surface area contributed by atoms with Crippen LogP contribution in [-0.2, 0) is 12.8 Å². The SMILES string of the molecule is CCc1ccc(NC(=O)c2ccc3c(c2)CCN3C)cc1. The van der Waals surface area contributed by atoms with Crippen molar-refractivity contribution in [3.05, 3.63) is 59.2 Å². The van der Waals surface area contributed by atoms with Crippen LogP contribution >= 0.6 is 0 Å². The van der Waals surface area contributed by atoms with Gasteiger partial charge in [0, 0.05) is 30.5 Å². The van der Waals surface area contributed by atoms with Gasteiger partial charge in [0.15, 0.2) is 0 Å². The van der Waals surface area contributed by atoms with Gasteiger partial charge in [-0.05, 0) is 54.3 Å². The van der Waals surface area contributed by atoms with Crippen LogP contribution in [0.4, 0.5) is 11.4 Å². The second kappa shape index (κ2) is 5.60. The Balaban J connectivity index is 1.76. The molecule has 1 amide bonds. The zero-order valence-corrected chi connectivity index (χ0v) is 12.5. The van der Waals surface area contributed by atoms with Crippen LogP contribution in [0, 0.1) is 0 Å². The third-order valence-electron chi connectivity index (χ3n) is 4.09. The fraction of sp³-hybridized carbons (Fsp3) is 0.278. The smallest absolute Gasteiger partial charge is 0.255 e. The van der Waals surface area contributed by atoms with E-state index in [9.17, 15) is 4.79 Å². The van der Waals surface area contributed by atoms with Crippen LogP contribution in [0.1, 0.15) is 28.4 Å². The molecule has 0 radical (unpaired) electrons. The summed E-state index contributed by atoms with van der Waals surface area (Å²) >= 11 is 0. The lowest BCUT2D eigenvalue weighted by molar-refractivity contribution is 0.102. The molecule has 1 aliphatic heterocycles. The van der Waals surface area contributed by atoms with Crippen molar-refractivity contribution >= 4 is 17.3 Å². The summed E-state index contributed by atoms with van der Waals surface area (Å²) in [5, 5.41) is 2.96. The molecule has 2 aromatic carbocycles. The molecule has 0 saturated heterocycles. The highest BCUT2D eigenvalue weighted by molar-refractivity contribution is 6.04. The molecule has 0 aliphatic carbocycles. The largest absolute Gasteiger partial charge is 0.374 e. The van der Waals surface area contributed by atoms with Gasteiger partial charge in [-0.1, -0.05) is 19.1 Å². The van der Waals surface area contributed by atoms with E-state index < -0.39 is 0 Å². The van der Waals surface area contributed by atoms with Gasteiger partial charge in [-0.15, -0.1) is 0 Å². The number of hydrogen-bond acceptors (Lipinski definition) is 2. The molecule has 0 unspecified atom stereocenters. The van der Waals surface area contributed by atoms with Crippen LogP contribution in [0.25, 0.3) is 0 Å². The van der Waals surface area contributed by atoms with Crippen molar-refractivity contribution in [1.82, 2.24) is 0 Å². The monoisotopic (exact) mass is 280 g/mol. The molecule has 3 rings (SSSR count). The lowest BCUT2D eigenvalue weighted by Gasteiger charge is -2.12. The average molecular weight is 280 g/mol. The van der Waals surface area contributed by atoms with Gasteiger partial charge < -0.3 is 10.2 Å². The Hall–Kier alpha value is -2.29. The highest BCUT2D eigenvalue weighted by Crippen LogP contribution is 2.27. The first-order valence-electron chi connectivity index (χ1n) is 7.41. The average Bonchev–Trinajstić information content (AvgIpc) is 2.89. The van der Waals surface area contributed by atoms with Crippen molar-refractivity contribution in [2.75, 3.05) is 23.8 Å². The number of aryl methyl sites for hydroxylation is 1. The maximum Gasteiger partial charge on any atom is 0.255 e. The Morgan fingerprint density at radius 2 is 1.95 bits per heavy atom. The number of hydrogen-bond donors (Lipinski definition) is 1. The Labute approximate surface area is 125 Å². The van der Waals surface area contributed by atoms with Crippen molar-refractivity contribution in [3.8, 4) is 0 Å². The highest BCUT2D eigenvalue weighted by atomic mass is 16.1. The Morgan fingerprint density at radius 1 is 1.19 bits per heavy atom. The molecule has 21 heavy (non-hydrogen) atoms.